The van der Waals surface area contributed by atoms with Gasteiger partial charge in [-0.15, -0.1) is 0 Å². The van der Waals surface area contributed by atoms with Crippen molar-refractivity contribution in [2.24, 2.45) is 0 Å². The third kappa shape index (κ3) is 1.43. The summed E-state index contributed by atoms with van der Waals surface area (Å²) in [5, 5.41) is 2.87. The van der Waals surface area contributed by atoms with Crippen molar-refractivity contribution in [2.75, 3.05) is 13.7 Å². The second-order valence-electron chi connectivity index (χ2n) is 1.68. The molecule has 1 saturated heterocycles. The van der Waals surface area contributed by atoms with Gasteiger partial charge in [0, 0.05) is 0 Å². The van der Waals surface area contributed by atoms with Crippen LogP contribution in [-0.2, 0) is 9.78 Å². The summed E-state index contributed by atoms with van der Waals surface area (Å²) >= 11 is 0. The Kier molecular flexibility index (Phi) is 2.27. The fourth-order valence-electron chi connectivity index (χ4n) is 0.613. The maximum absolute atomic E-state index is 4.73. The van der Waals surface area contributed by atoms with Crippen LogP contribution in [0.4, 0.5) is 0 Å². The van der Waals surface area contributed by atoms with Crippen LogP contribution in [0.15, 0.2) is 0 Å². The number of rotatable bonds is 1. The van der Waals surface area contributed by atoms with E-state index in [-0.39, 0.29) is 0 Å². The second kappa shape index (κ2) is 3.02. The van der Waals surface area contributed by atoms with Gasteiger partial charge in [0.05, 0.1) is 6.61 Å². The molecule has 1 aliphatic rings. The molecule has 1 N–H and O–H groups in total. The van der Waals surface area contributed by atoms with Gasteiger partial charge in [-0.2, -0.15) is 0 Å². The first-order chi connectivity index (χ1) is 3.93. The molecule has 0 spiro atoms. The maximum atomic E-state index is 4.73. The van der Waals surface area contributed by atoms with Crippen LogP contribution < -0.4 is 5.32 Å². The molecule has 0 atom stereocenters. The molecule has 0 aliphatic carbocycles. The molecule has 0 amide bonds. The summed E-state index contributed by atoms with van der Waals surface area (Å²) in [6, 6.07) is 0. The third-order valence-corrected chi connectivity index (χ3v) is 1.07. The summed E-state index contributed by atoms with van der Waals surface area (Å²) in [5.41, 5.74) is 0. The van der Waals surface area contributed by atoms with Gasteiger partial charge < -0.3 is 0 Å². The number of nitrogens with one attached hydrogen (secondary N) is 1. The van der Waals surface area contributed by atoms with E-state index in [1.807, 2.05) is 7.05 Å². The summed E-state index contributed by atoms with van der Waals surface area (Å²) < 4.78 is 0. The lowest BCUT2D eigenvalue weighted by Gasteiger charge is -2.18. The zero-order valence-corrected chi connectivity index (χ0v) is 4.94. The molecule has 0 aromatic carbocycles. The van der Waals surface area contributed by atoms with Crippen molar-refractivity contribution in [1.29, 1.82) is 0 Å². The quantitative estimate of drug-likeness (QED) is 0.504. The fourth-order valence-corrected chi connectivity index (χ4v) is 0.613. The summed E-state index contributed by atoms with van der Waals surface area (Å²) in [7, 11) is 1.82. The highest BCUT2D eigenvalue weighted by molar-refractivity contribution is 4.71. The topological polar surface area (TPSA) is 30.5 Å². The normalized spacial score (nSPS) is 23.6. The summed E-state index contributed by atoms with van der Waals surface area (Å²) in [5.74, 6) is 0. The first kappa shape index (κ1) is 6.01. The predicted octanol–water partition coefficient (Wildman–Crippen LogP) is 0.437. The zero-order valence-electron chi connectivity index (χ0n) is 4.94. The smallest absolute Gasteiger partial charge is 0.199 e. The SMILES string of the molecule is CN[C]1CCCOO1. The first-order valence-corrected chi connectivity index (χ1v) is 2.76. The van der Waals surface area contributed by atoms with Crippen molar-refractivity contribution in [1.82, 2.24) is 5.32 Å². The Balaban J connectivity index is 2.13. The Hall–Kier alpha value is -0.120. The molecule has 0 aromatic rings. The minimum Gasteiger partial charge on any atom is -0.286 e. The molecular weight excluding hydrogens is 106 g/mol. The Bertz CT molecular complexity index is 61.4. The van der Waals surface area contributed by atoms with Crippen LogP contribution >= 0.6 is 0 Å². The lowest BCUT2D eigenvalue weighted by Crippen LogP contribution is -2.23. The molecule has 8 heavy (non-hydrogen) atoms. The zero-order chi connectivity index (χ0) is 5.82. The van der Waals surface area contributed by atoms with Gasteiger partial charge in [0.2, 0.25) is 0 Å². The van der Waals surface area contributed by atoms with Crippen molar-refractivity contribution in [3.63, 3.8) is 0 Å². The van der Waals surface area contributed by atoms with E-state index in [0.29, 0.717) is 6.61 Å². The van der Waals surface area contributed by atoms with Gasteiger partial charge in [0.1, 0.15) is 0 Å². The molecule has 1 fully saturated rings. The average molecular weight is 116 g/mol. The summed E-state index contributed by atoms with van der Waals surface area (Å²) in [4.78, 5) is 9.41. The summed E-state index contributed by atoms with van der Waals surface area (Å²) in [6.45, 7) is 0.713. The lowest BCUT2D eigenvalue weighted by atomic mass is 10.3. The Labute approximate surface area is 48.9 Å². The molecule has 1 rings (SSSR count). The van der Waals surface area contributed by atoms with Crippen molar-refractivity contribution in [3.8, 4) is 0 Å². The molecule has 0 unspecified atom stereocenters. The van der Waals surface area contributed by atoms with E-state index in [0.717, 1.165) is 19.1 Å². The highest BCUT2D eigenvalue weighted by atomic mass is 17.2. The summed E-state index contributed by atoms with van der Waals surface area (Å²) in [6.07, 6.45) is 2.85. The van der Waals surface area contributed by atoms with Gasteiger partial charge in [0.15, 0.2) is 6.23 Å². The average Bonchev–Trinajstić information content (AvgIpc) is 1.90. The van der Waals surface area contributed by atoms with Gasteiger partial charge in [-0.25, -0.2) is 9.78 Å². The Morgan fingerprint density at radius 3 is 2.88 bits per heavy atom. The Morgan fingerprint density at radius 1 is 1.62 bits per heavy atom. The molecule has 0 saturated carbocycles. The van der Waals surface area contributed by atoms with Gasteiger partial charge >= 0.3 is 0 Å². The van der Waals surface area contributed by atoms with E-state index >= 15 is 0 Å². The van der Waals surface area contributed by atoms with Crippen molar-refractivity contribution < 1.29 is 9.78 Å². The molecule has 0 bridgehead atoms. The van der Waals surface area contributed by atoms with Crippen LogP contribution in [0.1, 0.15) is 12.8 Å². The molecule has 1 aliphatic heterocycles. The highest BCUT2D eigenvalue weighted by Gasteiger charge is 2.12. The van der Waals surface area contributed by atoms with Crippen LogP contribution in [0.2, 0.25) is 0 Å². The van der Waals surface area contributed by atoms with E-state index in [1.165, 1.54) is 0 Å². The molecule has 3 nitrogen and oxygen atoms in total. The largest absolute Gasteiger partial charge is 0.286 e. The molecule has 0 aromatic heterocycles. The second-order valence-corrected chi connectivity index (χ2v) is 1.68. The van der Waals surface area contributed by atoms with Crippen molar-refractivity contribution >= 4 is 0 Å². The Morgan fingerprint density at radius 2 is 2.50 bits per heavy atom. The number of hydrogen-bond donors (Lipinski definition) is 1. The first-order valence-electron chi connectivity index (χ1n) is 2.76. The molecule has 1 heterocycles. The van der Waals surface area contributed by atoms with Crippen LogP contribution in [0, 0.1) is 6.23 Å². The molecular formula is C5H10NO2. The lowest BCUT2D eigenvalue weighted by molar-refractivity contribution is -0.310. The maximum Gasteiger partial charge on any atom is 0.199 e. The van der Waals surface area contributed by atoms with E-state index in [9.17, 15) is 0 Å². The van der Waals surface area contributed by atoms with Crippen molar-refractivity contribution in [3.05, 3.63) is 6.23 Å². The molecule has 47 valence electrons. The van der Waals surface area contributed by atoms with Gasteiger partial charge in [0.25, 0.3) is 0 Å². The third-order valence-electron chi connectivity index (χ3n) is 1.07. The minimum atomic E-state index is 0.713. The van der Waals surface area contributed by atoms with Crippen LogP contribution in [-0.4, -0.2) is 13.7 Å². The van der Waals surface area contributed by atoms with Crippen LogP contribution in [0.5, 0.6) is 0 Å². The number of hydrogen-bond acceptors (Lipinski definition) is 3. The van der Waals surface area contributed by atoms with Crippen LogP contribution in [0.3, 0.4) is 0 Å². The van der Waals surface area contributed by atoms with E-state index in [1.54, 1.807) is 0 Å². The van der Waals surface area contributed by atoms with Crippen LogP contribution in [0.25, 0.3) is 0 Å². The van der Waals surface area contributed by atoms with Gasteiger partial charge in [-0.3, -0.25) is 5.32 Å². The fraction of sp³-hybridized carbons (Fsp3) is 0.800. The monoisotopic (exact) mass is 116 g/mol. The minimum absolute atomic E-state index is 0.713. The predicted molar refractivity (Wildman–Crippen MR) is 28.6 cm³/mol. The van der Waals surface area contributed by atoms with Crippen molar-refractivity contribution in [2.45, 2.75) is 12.8 Å². The van der Waals surface area contributed by atoms with E-state index < -0.39 is 0 Å². The molecule has 1 radical (unpaired) electrons. The van der Waals surface area contributed by atoms with E-state index in [4.69, 9.17) is 4.89 Å². The molecule has 3 heteroatoms. The van der Waals surface area contributed by atoms with Gasteiger partial charge in [-0.05, 0) is 19.9 Å². The van der Waals surface area contributed by atoms with E-state index in [2.05, 4.69) is 10.2 Å². The highest BCUT2D eigenvalue weighted by Crippen LogP contribution is 2.12. The standard InChI is InChI=1S/C5H10NO2/c1-6-5-3-2-4-7-8-5/h6H,2-4H2,1H3. The van der Waals surface area contributed by atoms with Gasteiger partial charge in [-0.1, -0.05) is 0 Å².